The van der Waals surface area contributed by atoms with Gasteiger partial charge in [-0.25, -0.2) is 24.1 Å². The normalized spacial score (nSPS) is 24.6. The van der Waals surface area contributed by atoms with Crippen molar-refractivity contribution in [3.8, 4) is 0 Å². The minimum atomic E-state index is -0.993. The minimum absolute atomic E-state index is 0.0121. The number of urea groups is 1. The van der Waals surface area contributed by atoms with E-state index in [9.17, 15) is 24.0 Å². The van der Waals surface area contributed by atoms with Crippen LogP contribution in [-0.4, -0.2) is 114 Å². The van der Waals surface area contributed by atoms with Crippen molar-refractivity contribution in [1.82, 2.24) is 19.6 Å². The number of β-lactam (4-membered cyclic amide) rings is 1. The van der Waals surface area contributed by atoms with Gasteiger partial charge in [0.2, 0.25) is 5.91 Å². The number of imide groups is 1. The molecule has 0 aromatic heterocycles. The molecule has 1 saturated carbocycles. The van der Waals surface area contributed by atoms with E-state index >= 15 is 0 Å². The summed E-state index contributed by atoms with van der Waals surface area (Å²) in [6.07, 6.45) is 6.48. The largest absolute Gasteiger partial charge is 0.464 e. The number of carbonyl (C=O) groups is 5. The highest BCUT2D eigenvalue weighted by Crippen LogP contribution is 2.37. The number of hydrogen-bond donors (Lipinski definition) is 0. The van der Waals surface area contributed by atoms with Crippen LogP contribution in [0.4, 0.5) is 14.4 Å². The summed E-state index contributed by atoms with van der Waals surface area (Å²) in [7, 11) is 0. The Balaban J connectivity index is 1.39. The van der Waals surface area contributed by atoms with Crippen LogP contribution in [0.15, 0.2) is 0 Å². The highest BCUT2D eigenvalue weighted by molar-refractivity contribution is 6.07. The number of esters is 1. The molecule has 1 aliphatic carbocycles. The Hall–Kier alpha value is -3.05. The zero-order valence-electron chi connectivity index (χ0n) is 27.9. The molecule has 254 valence electrons. The summed E-state index contributed by atoms with van der Waals surface area (Å²) in [4.78, 5) is 71.9. The van der Waals surface area contributed by atoms with Gasteiger partial charge in [0.05, 0.1) is 19.1 Å². The van der Waals surface area contributed by atoms with Gasteiger partial charge >= 0.3 is 24.2 Å². The molecule has 0 spiro atoms. The Morgan fingerprint density at radius 3 is 2.00 bits per heavy atom. The smallest absolute Gasteiger partial charge is 0.410 e. The first kappa shape index (κ1) is 34.8. The zero-order valence-corrected chi connectivity index (χ0v) is 27.9. The van der Waals surface area contributed by atoms with Crippen molar-refractivity contribution in [3.05, 3.63) is 0 Å². The monoisotopic (exact) mass is 634 g/mol. The van der Waals surface area contributed by atoms with Gasteiger partial charge in [0.1, 0.15) is 6.10 Å². The summed E-state index contributed by atoms with van der Waals surface area (Å²) in [5.74, 6) is -0.925. The molecule has 2 unspecified atom stereocenters. The molecule has 4 fully saturated rings. The average molecular weight is 635 g/mol. The number of nitrogens with zero attached hydrogens (tertiary/aromatic N) is 4. The van der Waals surface area contributed by atoms with Crippen molar-refractivity contribution in [2.75, 3.05) is 52.5 Å². The molecule has 3 atom stereocenters. The molecule has 4 aliphatic rings. The summed E-state index contributed by atoms with van der Waals surface area (Å²) in [6.45, 7) is 12.5. The van der Waals surface area contributed by atoms with E-state index in [0.29, 0.717) is 38.6 Å². The summed E-state index contributed by atoms with van der Waals surface area (Å²) in [5, 5.41) is 0. The lowest BCUT2D eigenvalue weighted by atomic mass is 9.78. The molecule has 4 rings (SSSR count). The molecule has 3 heterocycles. The van der Waals surface area contributed by atoms with Crippen molar-refractivity contribution in [2.45, 2.75) is 98.1 Å². The van der Waals surface area contributed by atoms with Gasteiger partial charge in [0.15, 0.2) is 6.04 Å². The van der Waals surface area contributed by atoms with Gasteiger partial charge in [-0.1, -0.05) is 47.0 Å². The Labute approximate surface area is 268 Å². The van der Waals surface area contributed by atoms with Crippen molar-refractivity contribution in [3.63, 3.8) is 0 Å². The Morgan fingerprint density at radius 2 is 1.38 bits per heavy atom. The zero-order chi connectivity index (χ0) is 32.7. The van der Waals surface area contributed by atoms with Crippen molar-refractivity contribution < 1.29 is 38.2 Å². The lowest BCUT2D eigenvalue weighted by Crippen LogP contribution is -2.70. The highest BCUT2D eigenvalue weighted by Gasteiger charge is 2.57. The third-order valence-corrected chi connectivity index (χ3v) is 9.84. The van der Waals surface area contributed by atoms with Crippen LogP contribution in [0.5, 0.6) is 0 Å². The van der Waals surface area contributed by atoms with E-state index in [4.69, 9.17) is 14.2 Å². The van der Waals surface area contributed by atoms with Gasteiger partial charge < -0.3 is 28.9 Å². The second kappa shape index (κ2) is 16.0. The predicted molar refractivity (Wildman–Crippen MR) is 166 cm³/mol. The molecular formula is C33H54N4O8. The standard InChI is InChI=1S/C33H54N4O8/c1-6-43-32(41)36-14-10-13-25(20-36)19-26-27(30(39)44-21-24-11-8-7-9-12-24)37(29(26)38)31(40)34-15-17-35(18-16-34)33(42)45-28(22(2)3)23(4)5/h22-28H,6-21H2,1-5H3/t25?,26-,27?/m1/s1. The molecule has 0 aromatic carbocycles. The maximum Gasteiger partial charge on any atom is 0.410 e. The highest BCUT2D eigenvalue weighted by atomic mass is 16.6. The van der Waals surface area contributed by atoms with Crippen molar-refractivity contribution in [1.29, 1.82) is 0 Å². The van der Waals surface area contributed by atoms with E-state index < -0.39 is 30.1 Å². The van der Waals surface area contributed by atoms with Crippen molar-refractivity contribution >= 4 is 30.1 Å². The maximum absolute atomic E-state index is 13.7. The van der Waals surface area contributed by atoms with Crippen LogP contribution in [0.3, 0.4) is 0 Å². The number of piperidine rings is 1. The molecular weight excluding hydrogens is 580 g/mol. The SMILES string of the molecule is CCOC(=O)N1CCCC(C[C@H]2C(=O)N(C(=O)N3CCN(C(=O)OC(C(C)C)C(C)C)CC3)C2C(=O)OCC2CCCCC2)C1. The van der Waals surface area contributed by atoms with E-state index in [1.54, 1.807) is 16.7 Å². The van der Waals surface area contributed by atoms with Gasteiger partial charge in [0.25, 0.3) is 0 Å². The van der Waals surface area contributed by atoms with Gasteiger partial charge in [0, 0.05) is 39.3 Å². The van der Waals surface area contributed by atoms with Crippen LogP contribution >= 0.6 is 0 Å². The van der Waals surface area contributed by atoms with Gasteiger partial charge in [-0.3, -0.25) is 4.79 Å². The number of rotatable bonds is 9. The molecule has 0 aromatic rings. The third-order valence-electron chi connectivity index (χ3n) is 9.84. The minimum Gasteiger partial charge on any atom is -0.464 e. The quantitative estimate of drug-likeness (QED) is 0.202. The Kier molecular flexibility index (Phi) is 12.4. The van der Waals surface area contributed by atoms with E-state index in [1.165, 1.54) is 11.3 Å². The van der Waals surface area contributed by atoms with Crippen LogP contribution in [0.2, 0.25) is 0 Å². The number of likely N-dealkylation sites (tertiary alicyclic amines) is 2. The van der Waals surface area contributed by atoms with Crippen LogP contribution < -0.4 is 0 Å². The second-order valence-electron chi connectivity index (χ2n) is 13.9. The average Bonchev–Trinajstić information content (AvgIpc) is 3.03. The first-order valence-electron chi connectivity index (χ1n) is 17.2. The van der Waals surface area contributed by atoms with Crippen molar-refractivity contribution in [2.24, 2.45) is 29.6 Å². The topological polar surface area (TPSA) is 126 Å². The summed E-state index contributed by atoms with van der Waals surface area (Å²) in [6, 6.07) is -1.52. The molecule has 45 heavy (non-hydrogen) atoms. The third kappa shape index (κ3) is 8.61. The van der Waals surface area contributed by atoms with E-state index in [-0.39, 0.29) is 62.0 Å². The fraction of sp³-hybridized carbons (Fsp3) is 0.848. The number of ether oxygens (including phenoxy) is 3. The molecule has 3 aliphatic heterocycles. The Morgan fingerprint density at radius 1 is 0.756 bits per heavy atom. The molecule has 0 N–H and O–H groups in total. The van der Waals surface area contributed by atoms with Crippen LogP contribution in [-0.2, 0) is 23.8 Å². The molecule has 12 nitrogen and oxygen atoms in total. The molecule has 3 saturated heterocycles. The number of hydrogen-bond acceptors (Lipinski definition) is 8. The van der Waals surface area contributed by atoms with Gasteiger partial charge in [-0.05, 0) is 62.7 Å². The predicted octanol–water partition coefficient (Wildman–Crippen LogP) is 4.75. The van der Waals surface area contributed by atoms with E-state index in [2.05, 4.69) is 0 Å². The molecule has 0 bridgehead atoms. The van der Waals surface area contributed by atoms with Crippen LogP contribution in [0.1, 0.15) is 86.0 Å². The van der Waals surface area contributed by atoms with E-state index in [1.807, 2.05) is 27.7 Å². The van der Waals surface area contributed by atoms with Gasteiger partial charge in [-0.15, -0.1) is 0 Å². The number of piperazine rings is 1. The summed E-state index contributed by atoms with van der Waals surface area (Å²) in [5.41, 5.74) is 0. The maximum atomic E-state index is 13.7. The second-order valence-corrected chi connectivity index (χ2v) is 13.9. The molecule has 12 heteroatoms. The lowest BCUT2D eigenvalue weighted by molar-refractivity contribution is -0.172. The van der Waals surface area contributed by atoms with E-state index in [0.717, 1.165) is 43.4 Å². The number of amides is 5. The fourth-order valence-electron chi connectivity index (χ4n) is 7.36. The number of carbonyl (C=O) groups excluding carboxylic acids is 5. The van der Waals surface area contributed by atoms with Gasteiger partial charge in [-0.2, -0.15) is 0 Å². The first-order valence-corrected chi connectivity index (χ1v) is 17.2. The Bertz CT molecular complexity index is 1050. The summed E-state index contributed by atoms with van der Waals surface area (Å²) < 4.78 is 16.7. The fourth-order valence-corrected chi connectivity index (χ4v) is 7.36. The molecule has 5 amide bonds. The lowest BCUT2D eigenvalue weighted by Gasteiger charge is -2.48. The molecule has 0 radical (unpaired) electrons. The van der Waals surface area contributed by atoms with Crippen LogP contribution in [0, 0.1) is 29.6 Å². The summed E-state index contributed by atoms with van der Waals surface area (Å²) >= 11 is 0. The first-order chi connectivity index (χ1) is 21.5. The van der Waals surface area contributed by atoms with Crippen LogP contribution in [0.25, 0.3) is 0 Å².